The van der Waals surface area contributed by atoms with E-state index in [1.54, 1.807) is 4.90 Å². The molecule has 60 heavy (non-hydrogen) atoms. The maximum atomic E-state index is 14.0. The molecule has 20 atom stereocenters. The Morgan fingerprint density at radius 2 is 1.03 bits per heavy atom. The van der Waals surface area contributed by atoms with Crippen LogP contribution in [0.2, 0.25) is 0 Å². The highest BCUT2D eigenvalue weighted by atomic mass is 32.2. The number of aliphatic hydroxyl groups excluding tert-OH is 4. The molecule has 0 spiro atoms. The molecule has 8 aliphatic rings. The van der Waals surface area contributed by atoms with Crippen LogP contribution in [0, 0.1) is 92.7 Å². The fraction of sp³-hybridized carbons (Fsp3) is 0.980. The smallest absolute Gasteiger partial charge is 0.266 e. The number of fused-ring (bicyclic) bond motifs is 10. The van der Waals surface area contributed by atoms with Crippen LogP contribution < -0.4 is 0 Å². The van der Waals surface area contributed by atoms with E-state index in [0.29, 0.717) is 84.0 Å². The average Bonchev–Trinajstić information content (AvgIpc) is 3.72. The Bertz CT molecular complexity index is 1660. The minimum absolute atomic E-state index is 0.0118. The lowest BCUT2D eigenvalue weighted by Crippen LogP contribution is -2.58. The SMILES string of the molecule is C[C@H](CCCN(CCS(=O)(=O)O)C(=O)CC[C@@H](C)[C@H]1CCC2[C@@H]3[C@@H](O)CC4C[C@H](O)CC[C@]4(C)[C@H]3CC[C@@]21C)[C@H]1CCC2[C@@H]3[C@@H](O)CC4C[C@H](O)CC[C@]4(C)[C@H]3CC[C@@]21C. The van der Waals surface area contributed by atoms with Crippen molar-refractivity contribution >= 4 is 16.0 Å². The molecule has 8 saturated carbocycles. The van der Waals surface area contributed by atoms with E-state index in [-0.39, 0.29) is 58.5 Å². The van der Waals surface area contributed by atoms with Crippen LogP contribution in [0.3, 0.4) is 0 Å². The highest BCUT2D eigenvalue weighted by Crippen LogP contribution is 2.70. The van der Waals surface area contributed by atoms with E-state index in [4.69, 9.17) is 0 Å². The standard InChI is InChI=1S/C50H85NO8S/c1-30(36-10-12-38-45-40(17-21-49(36,38)5)47(3)19-15-34(52)26-32(47)28-42(45)54)8-7-23-51(24-25-60(57,58)59)44(56)14-9-31(2)37-11-13-39-46-41(18-22-50(37,39)6)48(4)20-16-35(53)27-33(48)29-43(46)55/h30-43,45-46,52-55H,7-29H2,1-6H3,(H,57,58,59)/t30-,31-,32?,33?,34-,35-,36-,37-,38?,39?,40+,41+,42+,43+,45+,46+,47+,48+,49-,50-/m1/s1. The summed E-state index contributed by atoms with van der Waals surface area (Å²) in [6.45, 7) is 15.1. The molecule has 8 aliphatic carbocycles. The predicted molar refractivity (Wildman–Crippen MR) is 235 cm³/mol. The zero-order chi connectivity index (χ0) is 43.2. The van der Waals surface area contributed by atoms with Gasteiger partial charge in [-0.1, -0.05) is 41.5 Å². The van der Waals surface area contributed by atoms with Crippen molar-refractivity contribution in [2.75, 3.05) is 18.8 Å². The summed E-state index contributed by atoms with van der Waals surface area (Å²) in [5.74, 6) is 4.86. The van der Waals surface area contributed by atoms with Gasteiger partial charge in [-0.25, -0.2) is 0 Å². The Labute approximate surface area is 363 Å². The van der Waals surface area contributed by atoms with Crippen molar-refractivity contribution in [3.63, 3.8) is 0 Å². The van der Waals surface area contributed by atoms with Gasteiger partial charge in [0.15, 0.2) is 0 Å². The van der Waals surface area contributed by atoms with E-state index in [0.717, 1.165) is 109 Å². The maximum Gasteiger partial charge on any atom is 0.266 e. The molecule has 344 valence electrons. The first kappa shape index (κ1) is 45.8. The molecule has 0 aromatic heterocycles. The molecule has 10 heteroatoms. The molecule has 8 fully saturated rings. The molecule has 0 aromatic carbocycles. The minimum atomic E-state index is -4.21. The van der Waals surface area contributed by atoms with Crippen molar-refractivity contribution in [1.29, 1.82) is 0 Å². The number of rotatable bonds is 12. The highest BCUT2D eigenvalue weighted by Gasteiger charge is 2.64. The lowest BCUT2D eigenvalue weighted by atomic mass is 9.43. The van der Waals surface area contributed by atoms with Gasteiger partial charge >= 0.3 is 0 Å². The van der Waals surface area contributed by atoms with E-state index in [9.17, 15) is 38.2 Å². The van der Waals surface area contributed by atoms with E-state index < -0.39 is 15.9 Å². The molecule has 1 amide bonds. The zero-order valence-corrected chi connectivity index (χ0v) is 39.1. The van der Waals surface area contributed by atoms with Gasteiger partial charge in [0.1, 0.15) is 0 Å². The monoisotopic (exact) mass is 860 g/mol. The van der Waals surface area contributed by atoms with Crippen LogP contribution in [0.25, 0.3) is 0 Å². The van der Waals surface area contributed by atoms with Crippen LogP contribution in [0.15, 0.2) is 0 Å². The second-order valence-electron chi connectivity index (χ2n) is 24.2. The van der Waals surface area contributed by atoms with Crippen molar-refractivity contribution in [2.45, 2.75) is 194 Å². The number of carbonyl (C=O) groups is 1. The van der Waals surface area contributed by atoms with Gasteiger partial charge in [-0.2, -0.15) is 8.42 Å². The summed E-state index contributed by atoms with van der Waals surface area (Å²) >= 11 is 0. The molecule has 0 bridgehead atoms. The van der Waals surface area contributed by atoms with Gasteiger partial charge in [-0.15, -0.1) is 0 Å². The van der Waals surface area contributed by atoms with E-state index >= 15 is 0 Å². The fourth-order valence-electron chi connectivity index (χ4n) is 18.5. The number of nitrogens with zero attached hydrogens (tertiary/aromatic N) is 1. The second-order valence-corrected chi connectivity index (χ2v) is 25.8. The van der Waals surface area contributed by atoms with Crippen molar-refractivity contribution < 1.29 is 38.2 Å². The maximum absolute atomic E-state index is 14.0. The Balaban J connectivity index is 0.863. The molecule has 0 radical (unpaired) electrons. The molecule has 8 rings (SSSR count). The first-order chi connectivity index (χ1) is 28.2. The normalized spacial score (nSPS) is 49.6. The molecule has 0 aliphatic heterocycles. The summed E-state index contributed by atoms with van der Waals surface area (Å²) in [6, 6.07) is 0. The topological polar surface area (TPSA) is 156 Å². The summed E-state index contributed by atoms with van der Waals surface area (Å²) in [5.41, 5.74) is 0.722. The lowest BCUT2D eigenvalue weighted by molar-refractivity contribution is -0.174. The van der Waals surface area contributed by atoms with E-state index in [1.807, 2.05) is 0 Å². The predicted octanol–water partition coefficient (Wildman–Crippen LogP) is 8.52. The first-order valence-electron chi connectivity index (χ1n) is 25.1. The number of hydrogen-bond donors (Lipinski definition) is 5. The highest BCUT2D eigenvalue weighted by molar-refractivity contribution is 7.85. The van der Waals surface area contributed by atoms with Crippen LogP contribution in [0.4, 0.5) is 0 Å². The van der Waals surface area contributed by atoms with Gasteiger partial charge in [0, 0.05) is 19.5 Å². The summed E-state index contributed by atoms with van der Waals surface area (Å²) in [4.78, 5) is 15.7. The quantitative estimate of drug-likeness (QED) is 0.122. The summed E-state index contributed by atoms with van der Waals surface area (Å²) in [7, 11) is -4.21. The molecule has 0 saturated heterocycles. The largest absolute Gasteiger partial charge is 0.393 e. The third-order valence-corrected chi connectivity index (χ3v) is 22.4. The Morgan fingerprint density at radius 1 is 0.600 bits per heavy atom. The average molecular weight is 860 g/mol. The zero-order valence-electron chi connectivity index (χ0n) is 38.3. The van der Waals surface area contributed by atoms with Crippen LogP contribution in [0.1, 0.15) is 170 Å². The van der Waals surface area contributed by atoms with Crippen molar-refractivity contribution in [2.24, 2.45) is 92.7 Å². The number of amides is 1. The van der Waals surface area contributed by atoms with Crippen LogP contribution in [-0.2, 0) is 14.9 Å². The third-order valence-electron chi connectivity index (χ3n) is 21.7. The fourth-order valence-corrected chi connectivity index (χ4v) is 18.9. The van der Waals surface area contributed by atoms with E-state index in [2.05, 4.69) is 41.5 Å². The van der Waals surface area contributed by atoms with Gasteiger partial charge in [0.05, 0.1) is 30.2 Å². The molecule has 5 N–H and O–H groups in total. The molecule has 0 heterocycles. The van der Waals surface area contributed by atoms with Crippen molar-refractivity contribution in [1.82, 2.24) is 4.90 Å². The summed E-state index contributed by atoms with van der Waals surface area (Å²) in [6.07, 6.45) is 18.3. The third kappa shape index (κ3) is 8.01. The van der Waals surface area contributed by atoms with Crippen LogP contribution in [0.5, 0.6) is 0 Å². The second kappa shape index (κ2) is 16.9. The van der Waals surface area contributed by atoms with E-state index in [1.165, 1.54) is 12.8 Å². The number of hydrogen-bond acceptors (Lipinski definition) is 7. The van der Waals surface area contributed by atoms with Crippen molar-refractivity contribution in [3.8, 4) is 0 Å². The van der Waals surface area contributed by atoms with Crippen LogP contribution >= 0.6 is 0 Å². The summed E-state index contributed by atoms with van der Waals surface area (Å²) in [5, 5.41) is 44.4. The molecule has 0 aromatic rings. The minimum Gasteiger partial charge on any atom is -0.393 e. The molecule has 4 unspecified atom stereocenters. The molecule has 9 nitrogen and oxygen atoms in total. The van der Waals surface area contributed by atoms with Crippen molar-refractivity contribution in [3.05, 3.63) is 0 Å². The van der Waals surface area contributed by atoms with Gasteiger partial charge in [-0.3, -0.25) is 9.35 Å². The Kier molecular flexibility index (Phi) is 12.9. The number of carbonyl (C=O) groups excluding carboxylic acids is 1. The Hall–Kier alpha value is -0.780. The number of aliphatic hydroxyl groups is 4. The Morgan fingerprint density at radius 3 is 1.50 bits per heavy atom. The van der Waals surface area contributed by atoms with Gasteiger partial charge < -0.3 is 25.3 Å². The van der Waals surface area contributed by atoms with Gasteiger partial charge in [0.2, 0.25) is 5.91 Å². The molecular formula is C50H85NO8S. The van der Waals surface area contributed by atoms with Crippen LogP contribution in [-0.4, -0.2) is 87.5 Å². The first-order valence-corrected chi connectivity index (χ1v) is 26.8. The molecular weight excluding hydrogens is 775 g/mol. The lowest BCUT2D eigenvalue weighted by Gasteiger charge is -2.62. The van der Waals surface area contributed by atoms with Gasteiger partial charge in [0.25, 0.3) is 10.1 Å². The van der Waals surface area contributed by atoms with Gasteiger partial charge in [-0.05, 0) is 215 Å². The summed E-state index contributed by atoms with van der Waals surface area (Å²) < 4.78 is 33.6.